The Labute approximate surface area is 87.6 Å². The van der Waals surface area contributed by atoms with E-state index in [1.165, 1.54) is 30.7 Å². The standard InChI is InChI=1S/C9H7FN2O2S/c10-7-1-3-8(4-2-7)15(13)5-9-11-6-14-12-9/h1-4,6H,5H2. The summed E-state index contributed by atoms with van der Waals surface area (Å²) in [6, 6.07) is 5.49. The lowest BCUT2D eigenvalue weighted by molar-refractivity contribution is 0.412. The van der Waals surface area contributed by atoms with Crippen LogP contribution in [0.25, 0.3) is 0 Å². The summed E-state index contributed by atoms with van der Waals surface area (Å²) in [6.07, 6.45) is 1.18. The SMILES string of the molecule is O=S(Cc1ncon1)c1ccc(F)cc1. The Kier molecular flexibility index (Phi) is 2.86. The molecular weight excluding hydrogens is 219 g/mol. The Bertz CT molecular complexity index is 455. The molecule has 0 fully saturated rings. The molecule has 0 N–H and O–H groups in total. The Morgan fingerprint density at radius 1 is 1.33 bits per heavy atom. The van der Waals surface area contributed by atoms with Crippen molar-refractivity contribution < 1.29 is 13.1 Å². The van der Waals surface area contributed by atoms with Crippen molar-refractivity contribution in [3.05, 3.63) is 42.3 Å². The van der Waals surface area contributed by atoms with Crippen LogP contribution in [0.3, 0.4) is 0 Å². The van der Waals surface area contributed by atoms with Gasteiger partial charge in [-0.3, -0.25) is 4.21 Å². The predicted molar refractivity (Wildman–Crippen MR) is 50.8 cm³/mol. The van der Waals surface area contributed by atoms with Gasteiger partial charge in [-0.25, -0.2) is 4.39 Å². The number of aromatic nitrogens is 2. The molecule has 1 aromatic heterocycles. The summed E-state index contributed by atoms with van der Waals surface area (Å²) in [5, 5.41) is 3.55. The normalized spacial score (nSPS) is 12.6. The molecule has 15 heavy (non-hydrogen) atoms. The average molecular weight is 226 g/mol. The maximum Gasteiger partial charge on any atom is 0.213 e. The van der Waals surface area contributed by atoms with Crippen LogP contribution in [0.2, 0.25) is 0 Å². The van der Waals surface area contributed by atoms with Crippen molar-refractivity contribution in [1.82, 2.24) is 10.1 Å². The van der Waals surface area contributed by atoms with Crippen LogP contribution in [0.1, 0.15) is 5.82 Å². The highest BCUT2D eigenvalue weighted by Gasteiger charge is 2.08. The fourth-order valence-electron chi connectivity index (χ4n) is 1.04. The van der Waals surface area contributed by atoms with Gasteiger partial charge in [0.05, 0.1) is 16.6 Å². The van der Waals surface area contributed by atoms with E-state index >= 15 is 0 Å². The second-order valence-electron chi connectivity index (χ2n) is 2.79. The molecule has 0 aliphatic heterocycles. The Morgan fingerprint density at radius 2 is 2.07 bits per heavy atom. The number of hydrogen-bond donors (Lipinski definition) is 0. The molecule has 6 heteroatoms. The predicted octanol–water partition coefficient (Wildman–Crippen LogP) is 1.52. The third-order valence-corrected chi connectivity index (χ3v) is 3.06. The maximum atomic E-state index is 12.6. The molecule has 0 amide bonds. The van der Waals surface area contributed by atoms with E-state index in [9.17, 15) is 8.60 Å². The number of halogens is 1. The van der Waals surface area contributed by atoms with Crippen molar-refractivity contribution in [2.45, 2.75) is 10.6 Å². The molecule has 0 saturated carbocycles. The van der Waals surface area contributed by atoms with Crippen molar-refractivity contribution in [3.63, 3.8) is 0 Å². The van der Waals surface area contributed by atoms with Gasteiger partial charge in [0.1, 0.15) is 5.82 Å². The topological polar surface area (TPSA) is 56.0 Å². The smallest absolute Gasteiger partial charge is 0.213 e. The van der Waals surface area contributed by atoms with Gasteiger partial charge in [0.2, 0.25) is 6.39 Å². The third-order valence-electron chi connectivity index (χ3n) is 1.74. The molecule has 78 valence electrons. The van der Waals surface area contributed by atoms with Gasteiger partial charge in [-0.1, -0.05) is 5.16 Å². The van der Waals surface area contributed by atoms with Gasteiger partial charge < -0.3 is 4.52 Å². The zero-order chi connectivity index (χ0) is 10.7. The van der Waals surface area contributed by atoms with Crippen LogP contribution in [0.4, 0.5) is 4.39 Å². The van der Waals surface area contributed by atoms with Crippen LogP contribution in [-0.2, 0) is 16.6 Å². The van der Waals surface area contributed by atoms with Gasteiger partial charge in [0, 0.05) is 4.90 Å². The van der Waals surface area contributed by atoms with E-state index in [4.69, 9.17) is 0 Å². The van der Waals surface area contributed by atoms with Crippen LogP contribution in [0, 0.1) is 5.82 Å². The minimum absolute atomic E-state index is 0.169. The van der Waals surface area contributed by atoms with Crippen molar-refractivity contribution in [2.24, 2.45) is 0 Å². The summed E-state index contributed by atoms with van der Waals surface area (Å²) in [5.74, 6) is 0.190. The second kappa shape index (κ2) is 4.31. The van der Waals surface area contributed by atoms with Crippen molar-refractivity contribution in [1.29, 1.82) is 0 Å². The summed E-state index contributed by atoms with van der Waals surface area (Å²) >= 11 is 0. The van der Waals surface area contributed by atoms with Gasteiger partial charge in [0.15, 0.2) is 5.82 Å². The minimum atomic E-state index is -1.27. The first-order valence-electron chi connectivity index (χ1n) is 4.15. The molecule has 0 saturated heterocycles. The zero-order valence-corrected chi connectivity index (χ0v) is 8.41. The Hall–Kier alpha value is -1.56. The lowest BCUT2D eigenvalue weighted by atomic mass is 10.4. The highest BCUT2D eigenvalue weighted by Crippen LogP contribution is 2.10. The number of benzene rings is 1. The van der Waals surface area contributed by atoms with Crippen LogP contribution >= 0.6 is 0 Å². The monoisotopic (exact) mass is 226 g/mol. The van der Waals surface area contributed by atoms with Crippen molar-refractivity contribution in [2.75, 3.05) is 0 Å². The van der Waals surface area contributed by atoms with E-state index in [0.29, 0.717) is 10.7 Å². The molecule has 1 unspecified atom stereocenters. The molecule has 1 heterocycles. The van der Waals surface area contributed by atoms with Crippen LogP contribution < -0.4 is 0 Å². The van der Waals surface area contributed by atoms with Gasteiger partial charge in [0.25, 0.3) is 0 Å². The summed E-state index contributed by atoms with van der Waals surface area (Å²) in [7, 11) is -1.27. The average Bonchev–Trinajstić information content (AvgIpc) is 2.71. The Balaban J connectivity index is 2.11. The first-order valence-corrected chi connectivity index (χ1v) is 5.47. The largest absolute Gasteiger partial charge is 0.343 e. The fraction of sp³-hybridized carbons (Fsp3) is 0.111. The lowest BCUT2D eigenvalue weighted by Crippen LogP contribution is -1.98. The molecule has 0 aliphatic carbocycles. The highest BCUT2D eigenvalue weighted by molar-refractivity contribution is 7.84. The van der Waals surface area contributed by atoms with Gasteiger partial charge in [-0.2, -0.15) is 4.98 Å². The first-order chi connectivity index (χ1) is 7.25. The second-order valence-corrected chi connectivity index (χ2v) is 4.24. The van der Waals surface area contributed by atoms with Gasteiger partial charge in [-0.05, 0) is 24.3 Å². The van der Waals surface area contributed by atoms with Gasteiger partial charge >= 0.3 is 0 Å². The van der Waals surface area contributed by atoms with E-state index in [1.54, 1.807) is 0 Å². The highest BCUT2D eigenvalue weighted by atomic mass is 32.2. The summed E-state index contributed by atoms with van der Waals surface area (Å²) in [4.78, 5) is 4.30. The molecule has 4 nitrogen and oxygen atoms in total. The summed E-state index contributed by atoms with van der Waals surface area (Å²) in [5.41, 5.74) is 0. The minimum Gasteiger partial charge on any atom is -0.343 e. The van der Waals surface area contributed by atoms with E-state index in [-0.39, 0.29) is 11.6 Å². The summed E-state index contributed by atoms with van der Waals surface area (Å²) < 4.78 is 28.8. The van der Waals surface area contributed by atoms with E-state index in [0.717, 1.165) is 0 Å². The third kappa shape index (κ3) is 2.47. The quantitative estimate of drug-likeness (QED) is 0.796. The van der Waals surface area contributed by atoms with Crippen molar-refractivity contribution >= 4 is 10.8 Å². The molecular formula is C9H7FN2O2S. The van der Waals surface area contributed by atoms with E-state index < -0.39 is 10.8 Å². The van der Waals surface area contributed by atoms with Crippen LogP contribution in [0.15, 0.2) is 40.1 Å². The Morgan fingerprint density at radius 3 is 2.67 bits per heavy atom. The first kappa shape index (κ1) is 9.97. The number of nitrogens with zero attached hydrogens (tertiary/aromatic N) is 2. The number of hydrogen-bond acceptors (Lipinski definition) is 4. The van der Waals surface area contributed by atoms with Gasteiger partial charge in [-0.15, -0.1) is 0 Å². The van der Waals surface area contributed by atoms with E-state index in [2.05, 4.69) is 14.7 Å². The van der Waals surface area contributed by atoms with Crippen LogP contribution in [0.5, 0.6) is 0 Å². The molecule has 0 bridgehead atoms. The fourth-order valence-corrected chi connectivity index (χ4v) is 2.01. The zero-order valence-electron chi connectivity index (χ0n) is 7.59. The lowest BCUT2D eigenvalue weighted by Gasteiger charge is -1.98. The van der Waals surface area contributed by atoms with Crippen molar-refractivity contribution in [3.8, 4) is 0 Å². The van der Waals surface area contributed by atoms with E-state index in [1.807, 2.05) is 0 Å². The number of rotatable bonds is 3. The molecule has 2 rings (SSSR count). The molecule has 0 radical (unpaired) electrons. The molecule has 0 aliphatic rings. The maximum absolute atomic E-state index is 12.6. The molecule has 0 spiro atoms. The van der Waals surface area contributed by atoms with Crippen LogP contribution in [-0.4, -0.2) is 14.3 Å². The summed E-state index contributed by atoms with van der Waals surface area (Å²) in [6.45, 7) is 0. The molecule has 2 aromatic rings. The molecule has 1 atom stereocenters. The molecule has 1 aromatic carbocycles.